The highest BCUT2D eigenvalue weighted by molar-refractivity contribution is 9.10. The molecule has 0 spiro atoms. The topological polar surface area (TPSA) is 74.8 Å². The molecule has 5 nitrogen and oxygen atoms in total. The highest BCUT2D eigenvalue weighted by atomic mass is 79.9. The van der Waals surface area contributed by atoms with Crippen molar-refractivity contribution in [1.82, 2.24) is 10.2 Å². The summed E-state index contributed by atoms with van der Waals surface area (Å²) >= 11 is 3.47. The number of hydrogen-bond acceptors (Lipinski definition) is 3. The number of halogens is 1. The van der Waals surface area contributed by atoms with Crippen LogP contribution in [0.4, 0.5) is 5.69 Å². The number of nitrogens with zero attached hydrogens (tertiary/aromatic N) is 1. The Kier molecular flexibility index (Phi) is 4.51. The lowest BCUT2D eigenvalue weighted by atomic mass is 9.85. The largest absolute Gasteiger partial charge is 0.324 e. The Morgan fingerprint density at radius 3 is 2.41 bits per heavy atom. The van der Waals surface area contributed by atoms with Crippen LogP contribution in [0.2, 0.25) is 0 Å². The van der Waals surface area contributed by atoms with Crippen molar-refractivity contribution in [3.8, 4) is 11.3 Å². The van der Waals surface area contributed by atoms with E-state index in [1.54, 1.807) is 6.07 Å². The maximum Gasteiger partial charge on any atom is 0.264 e. The van der Waals surface area contributed by atoms with Gasteiger partial charge in [0.2, 0.25) is 5.91 Å². The van der Waals surface area contributed by atoms with Gasteiger partial charge in [-0.2, -0.15) is 5.10 Å². The van der Waals surface area contributed by atoms with Crippen LogP contribution in [0.1, 0.15) is 33.3 Å². The predicted molar refractivity (Wildman–Crippen MR) is 91.0 cm³/mol. The Bertz CT molecular complexity index is 761. The molecule has 1 amide bonds. The lowest BCUT2D eigenvalue weighted by Gasteiger charge is -2.16. The molecular formula is C16H18BrN3O2. The summed E-state index contributed by atoms with van der Waals surface area (Å²) in [6.45, 7) is 7.76. The standard InChI is InChI=1S/C14H12BrN3O2.C2H6/c1-14(2)8-5-7(10-3-4-11(19)18-17-10)6-9(15)12(8)16-13(14)20;1-2/h3-6H,1-2H3,(H,16,20)(H,18,19);1-2H3. The van der Waals surface area contributed by atoms with Crippen LogP contribution in [0, 0.1) is 0 Å². The first kappa shape index (κ1) is 16.4. The molecule has 0 radical (unpaired) electrons. The van der Waals surface area contributed by atoms with Crippen LogP contribution in [-0.2, 0) is 10.2 Å². The van der Waals surface area contributed by atoms with E-state index < -0.39 is 5.41 Å². The smallest absolute Gasteiger partial charge is 0.264 e. The zero-order valence-electron chi connectivity index (χ0n) is 13.0. The number of rotatable bonds is 1. The molecule has 2 heterocycles. The first-order valence-electron chi connectivity index (χ1n) is 7.11. The van der Waals surface area contributed by atoms with E-state index in [1.165, 1.54) is 6.07 Å². The van der Waals surface area contributed by atoms with E-state index in [0.29, 0.717) is 5.69 Å². The fraction of sp³-hybridized carbons (Fsp3) is 0.312. The van der Waals surface area contributed by atoms with Gasteiger partial charge < -0.3 is 5.32 Å². The normalized spacial score (nSPS) is 14.7. The van der Waals surface area contributed by atoms with Crippen molar-refractivity contribution in [2.45, 2.75) is 33.1 Å². The summed E-state index contributed by atoms with van der Waals surface area (Å²) < 4.78 is 0.803. The molecule has 116 valence electrons. The van der Waals surface area contributed by atoms with Gasteiger partial charge in [0.25, 0.3) is 5.56 Å². The van der Waals surface area contributed by atoms with Gasteiger partial charge in [0, 0.05) is 16.1 Å². The van der Waals surface area contributed by atoms with Gasteiger partial charge in [-0.15, -0.1) is 0 Å². The van der Waals surface area contributed by atoms with Crippen LogP contribution in [0.3, 0.4) is 0 Å². The summed E-state index contributed by atoms with van der Waals surface area (Å²) in [7, 11) is 0. The Labute approximate surface area is 137 Å². The van der Waals surface area contributed by atoms with Gasteiger partial charge >= 0.3 is 0 Å². The van der Waals surface area contributed by atoms with E-state index in [4.69, 9.17) is 0 Å². The molecule has 22 heavy (non-hydrogen) atoms. The van der Waals surface area contributed by atoms with Crippen LogP contribution in [-0.4, -0.2) is 16.1 Å². The van der Waals surface area contributed by atoms with Crippen LogP contribution < -0.4 is 10.9 Å². The van der Waals surface area contributed by atoms with Gasteiger partial charge in [-0.3, -0.25) is 9.59 Å². The SMILES string of the molecule is CC.CC1(C)C(=O)Nc2c(Br)cc(-c3ccc(=O)[nH]n3)cc21. The Morgan fingerprint density at radius 2 is 1.82 bits per heavy atom. The molecule has 0 bridgehead atoms. The average molecular weight is 364 g/mol. The van der Waals surface area contributed by atoms with Crippen molar-refractivity contribution in [2.75, 3.05) is 5.32 Å². The highest BCUT2D eigenvalue weighted by Crippen LogP contribution is 2.43. The van der Waals surface area contributed by atoms with Gasteiger partial charge in [-0.05, 0) is 53.5 Å². The molecule has 0 saturated carbocycles. The number of anilines is 1. The first-order valence-corrected chi connectivity index (χ1v) is 7.90. The maximum absolute atomic E-state index is 12.0. The quantitative estimate of drug-likeness (QED) is 0.814. The molecule has 2 N–H and O–H groups in total. The number of carbonyl (C=O) groups excluding carboxylic acids is 1. The third kappa shape index (κ3) is 2.70. The van der Waals surface area contributed by atoms with E-state index >= 15 is 0 Å². The van der Waals surface area contributed by atoms with E-state index in [1.807, 2.05) is 39.8 Å². The Hall–Kier alpha value is -1.95. The number of benzene rings is 1. The molecule has 1 aliphatic rings. The molecule has 0 atom stereocenters. The number of nitrogens with one attached hydrogen (secondary N) is 2. The van der Waals surface area contributed by atoms with Crippen molar-refractivity contribution in [3.63, 3.8) is 0 Å². The summed E-state index contributed by atoms with van der Waals surface area (Å²) in [5.74, 6) is -0.0280. The minimum absolute atomic E-state index is 0.0280. The minimum Gasteiger partial charge on any atom is -0.324 e. The second-order valence-corrected chi connectivity index (χ2v) is 6.12. The molecule has 0 saturated heterocycles. The molecule has 1 aromatic heterocycles. The van der Waals surface area contributed by atoms with Gasteiger partial charge in [0.1, 0.15) is 0 Å². The zero-order chi connectivity index (χ0) is 16.5. The van der Waals surface area contributed by atoms with Crippen LogP contribution in [0.15, 0.2) is 33.5 Å². The van der Waals surface area contributed by atoms with Crippen molar-refractivity contribution in [3.05, 3.63) is 44.7 Å². The third-order valence-corrected chi connectivity index (χ3v) is 4.17. The first-order chi connectivity index (χ1) is 10.4. The molecule has 0 unspecified atom stereocenters. The highest BCUT2D eigenvalue weighted by Gasteiger charge is 2.39. The summed E-state index contributed by atoms with van der Waals surface area (Å²) in [6, 6.07) is 6.89. The predicted octanol–water partition coefficient (Wildman–Crippen LogP) is 3.46. The van der Waals surface area contributed by atoms with Crippen LogP contribution in [0.25, 0.3) is 11.3 Å². The molecule has 6 heteroatoms. The van der Waals surface area contributed by atoms with E-state index in [9.17, 15) is 9.59 Å². The molecule has 1 aromatic carbocycles. The summed E-state index contributed by atoms with van der Waals surface area (Å²) in [5.41, 5.74) is 2.38. The molecular weight excluding hydrogens is 346 g/mol. The van der Waals surface area contributed by atoms with Gasteiger partial charge in [-0.25, -0.2) is 5.10 Å². The number of carbonyl (C=O) groups is 1. The van der Waals surface area contributed by atoms with Crippen molar-refractivity contribution in [2.24, 2.45) is 0 Å². The monoisotopic (exact) mass is 363 g/mol. The summed E-state index contributed by atoms with van der Waals surface area (Å²) in [4.78, 5) is 23.1. The number of aromatic nitrogens is 2. The molecule has 3 rings (SSSR count). The number of hydrogen-bond donors (Lipinski definition) is 2. The van der Waals surface area contributed by atoms with E-state index in [-0.39, 0.29) is 11.5 Å². The van der Waals surface area contributed by atoms with E-state index in [2.05, 4.69) is 31.4 Å². The molecule has 0 fully saturated rings. The Balaban J connectivity index is 0.000000847. The van der Waals surface area contributed by atoms with Crippen molar-refractivity contribution >= 4 is 27.5 Å². The maximum atomic E-state index is 12.0. The minimum atomic E-state index is -0.587. The second kappa shape index (κ2) is 6.04. The number of amides is 1. The van der Waals surface area contributed by atoms with Crippen LogP contribution in [0.5, 0.6) is 0 Å². The lowest BCUT2D eigenvalue weighted by molar-refractivity contribution is -0.119. The van der Waals surface area contributed by atoms with Gasteiger partial charge in [0.05, 0.1) is 16.8 Å². The zero-order valence-corrected chi connectivity index (χ0v) is 14.5. The number of fused-ring (bicyclic) bond motifs is 1. The van der Waals surface area contributed by atoms with Crippen molar-refractivity contribution < 1.29 is 4.79 Å². The van der Waals surface area contributed by atoms with Gasteiger partial charge in [0.15, 0.2) is 0 Å². The van der Waals surface area contributed by atoms with Crippen LogP contribution >= 0.6 is 15.9 Å². The molecule has 1 aliphatic heterocycles. The van der Waals surface area contributed by atoms with Crippen molar-refractivity contribution in [1.29, 1.82) is 0 Å². The second-order valence-electron chi connectivity index (χ2n) is 5.27. The number of aromatic amines is 1. The number of H-pyrrole nitrogens is 1. The lowest BCUT2D eigenvalue weighted by Crippen LogP contribution is -2.26. The fourth-order valence-electron chi connectivity index (χ4n) is 2.27. The van der Waals surface area contributed by atoms with Gasteiger partial charge in [-0.1, -0.05) is 13.8 Å². The molecule has 2 aromatic rings. The average Bonchev–Trinajstić information content (AvgIpc) is 2.73. The third-order valence-electron chi connectivity index (χ3n) is 3.54. The fourth-order valence-corrected chi connectivity index (χ4v) is 2.83. The Morgan fingerprint density at radius 1 is 1.14 bits per heavy atom. The molecule has 0 aliphatic carbocycles. The summed E-state index contributed by atoms with van der Waals surface area (Å²) in [6.07, 6.45) is 0. The van der Waals surface area contributed by atoms with E-state index in [0.717, 1.165) is 21.3 Å². The summed E-state index contributed by atoms with van der Waals surface area (Å²) in [5, 5.41) is 9.31.